The van der Waals surface area contributed by atoms with Crippen molar-refractivity contribution >= 4 is 5.97 Å². The van der Waals surface area contributed by atoms with Gasteiger partial charge in [-0.15, -0.1) is 0 Å². The Labute approximate surface area is 46.6 Å². The molecule has 1 fully saturated rings. The summed E-state index contributed by atoms with van der Waals surface area (Å²) in [7, 11) is 0. The fraction of sp³-hybridized carbons (Fsp3) is 0.400. The molecule has 0 amide bonds. The normalized spacial score (nSPS) is 28.4. The molecular weight excluding hydrogens is 108 g/mol. The minimum absolute atomic E-state index is 0.249. The van der Waals surface area contributed by atoms with Crippen LogP contribution in [0.25, 0.3) is 0 Å². The van der Waals surface area contributed by atoms with Gasteiger partial charge in [-0.3, -0.25) is 0 Å². The van der Waals surface area contributed by atoms with Crippen molar-refractivity contribution in [3.05, 3.63) is 12.2 Å². The molecule has 1 saturated heterocycles. The molecule has 3 nitrogen and oxygen atoms in total. The van der Waals surface area contributed by atoms with Crippen LogP contribution in [-0.4, -0.2) is 17.4 Å². The Balaban J connectivity index is 2.64. The third-order valence-electron chi connectivity index (χ3n) is 0.953. The van der Waals surface area contributed by atoms with Gasteiger partial charge in [0.15, 0.2) is 0 Å². The lowest BCUT2D eigenvalue weighted by molar-refractivity contribution is -0.151. The molecule has 8 heavy (non-hydrogen) atoms. The summed E-state index contributed by atoms with van der Waals surface area (Å²) in [6.45, 7) is 3.35. The van der Waals surface area contributed by atoms with Gasteiger partial charge in [0.05, 0.1) is 0 Å². The Kier molecular flexibility index (Phi) is 1.06. The molecule has 0 aromatic heterocycles. The van der Waals surface area contributed by atoms with Gasteiger partial charge in [0.2, 0.25) is 6.29 Å². The molecule has 0 aromatic rings. The number of carbonyl (C=O) groups is 1. The van der Waals surface area contributed by atoms with Crippen molar-refractivity contribution < 1.29 is 14.6 Å². The second-order valence-corrected chi connectivity index (χ2v) is 1.67. The van der Waals surface area contributed by atoms with Crippen LogP contribution in [0, 0.1) is 0 Å². The topological polar surface area (TPSA) is 46.5 Å². The van der Waals surface area contributed by atoms with E-state index < -0.39 is 12.3 Å². The van der Waals surface area contributed by atoms with Crippen molar-refractivity contribution in [2.45, 2.75) is 12.7 Å². The summed E-state index contributed by atoms with van der Waals surface area (Å²) >= 11 is 0. The number of ether oxygens (including phenoxy) is 1. The zero-order chi connectivity index (χ0) is 6.15. The van der Waals surface area contributed by atoms with Crippen molar-refractivity contribution in [1.82, 2.24) is 0 Å². The van der Waals surface area contributed by atoms with E-state index in [2.05, 4.69) is 11.3 Å². The summed E-state index contributed by atoms with van der Waals surface area (Å²) in [4.78, 5) is 10.3. The van der Waals surface area contributed by atoms with Gasteiger partial charge in [-0.1, -0.05) is 6.58 Å². The van der Waals surface area contributed by atoms with Gasteiger partial charge in [0, 0.05) is 12.0 Å². The van der Waals surface area contributed by atoms with Crippen molar-refractivity contribution in [2.24, 2.45) is 0 Å². The minimum atomic E-state index is -0.949. The molecule has 1 aliphatic heterocycles. The van der Waals surface area contributed by atoms with E-state index in [9.17, 15) is 4.79 Å². The molecule has 1 aliphatic rings. The molecule has 0 bridgehead atoms. The zero-order valence-electron chi connectivity index (χ0n) is 4.26. The van der Waals surface area contributed by atoms with Gasteiger partial charge >= 0.3 is 5.97 Å². The van der Waals surface area contributed by atoms with Crippen molar-refractivity contribution in [3.63, 3.8) is 0 Å². The molecule has 1 heterocycles. The molecule has 0 aromatic carbocycles. The molecule has 0 unspecified atom stereocenters. The fourth-order valence-electron chi connectivity index (χ4n) is 0.543. The maximum Gasteiger partial charge on any atom is 0.335 e. The highest BCUT2D eigenvalue weighted by Crippen LogP contribution is 2.15. The Hall–Kier alpha value is -0.830. The Bertz CT molecular complexity index is 123. The van der Waals surface area contributed by atoms with Crippen molar-refractivity contribution in [2.75, 3.05) is 0 Å². The molecule has 1 atom stereocenters. The third kappa shape index (κ3) is 0.721. The maximum atomic E-state index is 10.3. The highest BCUT2D eigenvalue weighted by atomic mass is 16.6. The largest absolute Gasteiger partial charge is 0.432 e. The summed E-state index contributed by atoms with van der Waals surface area (Å²) in [5.74, 6) is -0.488. The molecule has 0 saturated carbocycles. The summed E-state index contributed by atoms with van der Waals surface area (Å²) in [5, 5.41) is 8.57. The van der Waals surface area contributed by atoms with Crippen LogP contribution < -0.4 is 0 Å². The van der Waals surface area contributed by atoms with E-state index in [0.717, 1.165) is 0 Å². The number of carbonyl (C=O) groups excluding carboxylic acids is 1. The van der Waals surface area contributed by atoms with Gasteiger partial charge in [-0.25, -0.2) is 4.79 Å². The first-order chi connectivity index (χ1) is 3.70. The van der Waals surface area contributed by atoms with Gasteiger partial charge in [0.1, 0.15) is 0 Å². The molecule has 44 valence electrons. The number of aliphatic hydroxyl groups is 1. The predicted octanol–water partition coefficient (Wildman–Crippen LogP) is -0.192. The lowest BCUT2D eigenvalue weighted by atomic mass is 10.2. The minimum Gasteiger partial charge on any atom is -0.432 e. The first-order valence-corrected chi connectivity index (χ1v) is 2.27. The van der Waals surface area contributed by atoms with Crippen LogP contribution in [0.3, 0.4) is 0 Å². The first-order valence-electron chi connectivity index (χ1n) is 2.27. The summed E-state index contributed by atoms with van der Waals surface area (Å²) in [5.41, 5.74) is 0.345. The molecule has 0 aliphatic carbocycles. The van der Waals surface area contributed by atoms with Gasteiger partial charge < -0.3 is 9.84 Å². The smallest absolute Gasteiger partial charge is 0.335 e. The number of esters is 1. The van der Waals surface area contributed by atoms with Crippen LogP contribution in [-0.2, 0) is 9.53 Å². The molecule has 0 spiro atoms. The highest BCUT2D eigenvalue weighted by molar-refractivity contribution is 5.89. The highest BCUT2D eigenvalue weighted by Gasteiger charge is 2.24. The van der Waals surface area contributed by atoms with E-state index in [0.29, 0.717) is 5.57 Å². The van der Waals surface area contributed by atoms with Crippen LogP contribution in [0.2, 0.25) is 0 Å². The van der Waals surface area contributed by atoms with Crippen LogP contribution in [0.1, 0.15) is 6.42 Å². The number of cyclic esters (lactones) is 1. The second-order valence-electron chi connectivity index (χ2n) is 1.67. The first kappa shape index (κ1) is 5.31. The van der Waals surface area contributed by atoms with E-state index in [1.54, 1.807) is 0 Å². The van der Waals surface area contributed by atoms with E-state index in [1.165, 1.54) is 0 Å². The lowest BCUT2D eigenvalue weighted by Gasteiger charge is -1.94. The molecule has 1 rings (SSSR count). The maximum absolute atomic E-state index is 10.3. The molecule has 0 radical (unpaired) electrons. The van der Waals surface area contributed by atoms with E-state index in [4.69, 9.17) is 5.11 Å². The van der Waals surface area contributed by atoms with E-state index >= 15 is 0 Å². The number of hydrogen-bond donors (Lipinski definition) is 1. The average Bonchev–Trinajstić information content (AvgIpc) is 1.85. The Morgan fingerprint density at radius 2 is 2.50 bits per heavy atom. The quantitative estimate of drug-likeness (QED) is 0.350. The van der Waals surface area contributed by atoms with Crippen LogP contribution in [0.5, 0.6) is 0 Å². The van der Waals surface area contributed by atoms with Crippen molar-refractivity contribution in [3.8, 4) is 0 Å². The number of hydrogen-bond acceptors (Lipinski definition) is 3. The van der Waals surface area contributed by atoms with Crippen LogP contribution in [0.15, 0.2) is 12.2 Å². The van der Waals surface area contributed by atoms with Gasteiger partial charge in [0.25, 0.3) is 0 Å². The standard InChI is InChI=1S/C5H6O3/c1-3-2-4(6)8-5(3)7/h4,6H,1-2H2/t4-/m0/s1. The van der Waals surface area contributed by atoms with Gasteiger partial charge in [-0.05, 0) is 0 Å². The molecular formula is C5H6O3. The van der Waals surface area contributed by atoms with E-state index in [-0.39, 0.29) is 6.42 Å². The monoisotopic (exact) mass is 114 g/mol. The van der Waals surface area contributed by atoms with Gasteiger partial charge in [-0.2, -0.15) is 0 Å². The number of rotatable bonds is 0. The summed E-state index contributed by atoms with van der Waals surface area (Å²) in [6.07, 6.45) is -0.700. The Morgan fingerprint density at radius 3 is 2.62 bits per heavy atom. The molecule has 3 heteroatoms. The average molecular weight is 114 g/mol. The van der Waals surface area contributed by atoms with Crippen LogP contribution in [0.4, 0.5) is 0 Å². The SMILES string of the molecule is C=C1C[C@@H](O)OC1=O. The third-order valence-corrected chi connectivity index (χ3v) is 0.953. The van der Waals surface area contributed by atoms with Crippen LogP contribution >= 0.6 is 0 Å². The second kappa shape index (κ2) is 1.59. The summed E-state index contributed by atoms with van der Waals surface area (Å²) in [6, 6.07) is 0. The van der Waals surface area contributed by atoms with E-state index in [1.807, 2.05) is 0 Å². The lowest BCUT2D eigenvalue weighted by Crippen LogP contribution is -2.03. The Morgan fingerprint density at radius 1 is 1.88 bits per heavy atom. The fourth-order valence-corrected chi connectivity index (χ4v) is 0.543. The predicted molar refractivity (Wildman–Crippen MR) is 25.9 cm³/mol. The summed E-state index contributed by atoms with van der Waals surface area (Å²) < 4.78 is 4.29. The zero-order valence-corrected chi connectivity index (χ0v) is 4.26. The molecule has 1 N–H and O–H groups in total. The number of aliphatic hydroxyl groups excluding tert-OH is 1. The van der Waals surface area contributed by atoms with Crippen molar-refractivity contribution in [1.29, 1.82) is 0 Å².